The maximum atomic E-state index is 5.40. The number of hydrogen-bond donors (Lipinski definition) is 1. The highest BCUT2D eigenvalue weighted by atomic mass is 16.5. The van der Waals surface area contributed by atoms with Gasteiger partial charge in [0.15, 0.2) is 0 Å². The molecule has 0 aliphatic carbocycles. The number of nitrogens with one attached hydrogen (secondary N) is 1. The highest BCUT2D eigenvalue weighted by molar-refractivity contribution is 5.81. The van der Waals surface area contributed by atoms with Crippen molar-refractivity contribution in [2.75, 3.05) is 37.7 Å². The van der Waals surface area contributed by atoms with Gasteiger partial charge in [-0.3, -0.25) is 0 Å². The third-order valence-electron chi connectivity index (χ3n) is 4.38. The topological polar surface area (TPSA) is 37.4 Å². The van der Waals surface area contributed by atoms with Crippen LogP contribution < -0.4 is 10.2 Å². The molecule has 0 radical (unpaired) electrons. The van der Waals surface area contributed by atoms with E-state index < -0.39 is 0 Å². The van der Waals surface area contributed by atoms with E-state index in [-0.39, 0.29) is 0 Å². The van der Waals surface area contributed by atoms with Gasteiger partial charge in [-0.2, -0.15) is 0 Å². The normalized spacial score (nSPS) is 15.3. The van der Waals surface area contributed by atoms with Crippen LogP contribution in [0.15, 0.2) is 30.3 Å². The summed E-state index contributed by atoms with van der Waals surface area (Å²) in [7, 11) is 0. The number of fused-ring (bicyclic) bond motifs is 1. The van der Waals surface area contributed by atoms with Crippen LogP contribution in [0.5, 0.6) is 0 Å². The fourth-order valence-electron chi connectivity index (χ4n) is 3.17. The molecule has 2 aromatic rings. The van der Waals surface area contributed by atoms with Gasteiger partial charge >= 0.3 is 0 Å². The Bertz CT molecular complexity index is 623. The summed E-state index contributed by atoms with van der Waals surface area (Å²) in [6, 6.07) is 10.7. The largest absolute Gasteiger partial charge is 0.380 e. The summed E-state index contributed by atoms with van der Waals surface area (Å²) in [4.78, 5) is 7.42. The van der Waals surface area contributed by atoms with Crippen molar-refractivity contribution in [1.82, 2.24) is 10.3 Å². The number of ether oxygens (including phenoxy) is 1. The Hall–Kier alpha value is -1.65. The maximum absolute atomic E-state index is 5.40. The molecule has 1 aliphatic rings. The average molecular weight is 313 g/mol. The Labute approximate surface area is 138 Å². The number of hydrogen-bond acceptors (Lipinski definition) is 4. The number of aromatic nitrogens is 1. The summed E-state index contributed by atoms with van der Waals surface area (Å²) in [5, 5.41) is 4.71. The lowest BCUT2D eigenvalue weighted by Gasteiger charge is -2.30. The molecule has 1 N–H and O–H groups in total. The van der Waals surface area contributed by atoms with E-state index >= 15 is 0 Å². The lowest BCUT2D eigenvalue weighted by Crippen LogP contribution is -2.32. The molecule has 0 amide bonds. The van der Waals surface area contributed by atoms with Gasteiger partial charge in [-0.05, 0) is 38.3 Å². The van der Waals surface area contributed by atoms with E-state index in [4.69, 9.17) is 9.72 Å². The van der Waals surface area contributed by atoms with Crippen LogP contribution in [0.1, 0.15) is 31.7 Å². The number of rotatable bonds is 7. The molecule has 0 unspecified atom stereocenters. The monoisotopic (exact) mass is 313 g/mol. The van der Waals surface area contributed by atoms with Gasteiger partial charge in [0.2, 0.25) is 0 Å². The number of benzene rings is 1. The Morgan fingerprint density at radius 1 is 1.17 bits per heavy atom. The van der Waals surface area contributed by atoms with Crippen LogP contribution in [0.4, 0.5) is 5.82 Å². The molecule has 0 atom stereocenters. The first kappa shape index (κ1) is 16.2. The van der Waals surface area contributed by atoms with Gasteiger partial charge in [0.1, 0.15) is 5.82 Å². The van der Waals surface area contributed by atoms with E-state index in [0.29, 0.717) is 0 Å². The van der Waals surface area contributed by atoms with Crippen LogP contribution >= 0.6 is 0 Å². The number of para-hydroxylation sites is 1. The molecule has 2 heterocycles. The molecule has 1 fully saturated rings. The Balaban J connectivity index is 1.80. The van der Waals surface area contributed by atoms with Gasteiger partial charge in [-0.15, -0.1) is 0 Å². The first-order valence-corrected chi connectivity index (χ1v) is 8.80. The summed E-state index contributed by atoms with van der Waals surface area (Å²) < 4.78 is 5.40. The molecule has 0 spiro atoms. The van der Waals surface area contributed by atoms with Crippen LogP contribution in [0.25, 0.3) is 10.9 Å². The number of nitrogens with zero attached hydrogens (tertiary/aromatic N) is 2. The molecular weight excluding hydrogens is 286 g/mol. The minimum absolute atomic E-state index is 0.760. The van der Waals surface area contributed by atoms with Crippen LogP contribution in [-0.2, 0) is 11.3 Å². The molecule has 3 rings (SSSR count). The zero-order chi connectivity index (χ0) is 15.9. The molecule has 1 aromatic carbocycles. The van der Waals surface area contributed by atoms with E-state index in [2.05, 4.69) is 40.5 Å². The molecule has 124 valence electrons. The second-order valence-corrected chi connectivity index (χ2v) is 6.09. The molecule has 1 aromatic heterocycles. The quantitative estimate of drug-likeness (QED) is 0.796. The molecule has 4 heteroatoms. The predicted octanol–water partition coefficient (Wildman–Crippen LogP) is 3.35. The number of piperidine rings is 1. The van der Waals surface area contributed by atoms with E-state index in [9.17, 15) is 0 Å². The lowest BCUT2D eigenvalue weighted by molar-refractivity contribution is 0.149. The van der Waals surface area contributed by atoms with Gasteiger partial charge in [-0.25, -0.2) is 4.98 Å². The highest BCUT2D eigenvalue weighted by Gasteiger charge is 2.16. The highest BCUT2D eigenvalue weighted by Crippen LogP contribution is 2.26. The molecular formula is C19H27N3O. The average Bonchev–Trinajstić information content (AvgIpc) is 2.61. The molecule has 1 saturated heterocycles. The molecule has 0 saturated carbocycles. The van der Waals surface area contributed by atoms with Crippen molar-refractivity contribution in [3.63, 3.8) is 0 Å². The number of anilines is 1. The summed E-state index contributed by atoms with van der Waals surface area (Å²) in [6.45, 7) is 7.53. The van der Waals surface area contributed by atoms with E-state index in [1.54, 1.807) is 0 Å². The zero-order valence-electron chi connectivity index (χ0n) is 14.1. The maximum Gasteiger partial charge on any atom is 0.133 e. The molecule has 4 nitrogen and oxygen atoms in total. The van der Waals surface area contributed by atoms with Gasteiger partial charge < -0.3 is 15.0 Å². The van der Waals surface area contributed by atoms with Gasteiger partial charge in [0.25, 0.3) is 0 Å². The second-order valence-electron chi connectivity index (χ2n) is 6.09. The zero-order valence-corrected chi connectivity index (χ0v) is 14.1. The summed E-state index contributed by atoms with van der Waals surface area (Å²) in [5.41, 5.74) is 2.38. The van der Waals surface area contributed by atoms with Gasteiger partial charge in [0, 0.05) is 43.7 Å². The van der Waals surface area contributed by atoms with E-state index in [1.807, 2.05) is 6.92 Å². The van der Waals surface area contributed by atoms with Crippen molar-refractivity contribution < 1.29 is 4.74 Å². The van der Waals surface area contributed by atoms with Gasteiger partial charge in [0.05, 0.1) is 12.1 Å². The molecule has 0 bridgehead atoms. The van der Waals surface area contributed by atoms with Crippen LogP contribution in [-0.4, -0.2) is 37.8 Å². The Kier molecular flexibility index (Phi) is 5.83. The predicted molar refractivity (Wildman–Crippen MR) is 96.0 cm³/mol. The Morgan fingerprint density at radius 3 is 2.83 bits per heavy atom. The standard InChI is InChI=1S/C19H27N3O/c1-2-23-13-10-20-15-17-14-16-8-4-5-9-18(16)21-19(17)22-11-6-3-7-12-22/h4-5,8-9,14,20H,2-3,6-7,10-13,15H2,1H3. The van der Waals surface area contributed by atoms with Crippen molar-refractivity contribution in [3.05, 3.63) is 35.9 Å². The molecule has 23 heavy (non-hydrogen) atoms. The van der Waals surface area contributed by atoms with Crippen molar-refractivity contribution in [3.8, 4) is 0 Å². The SMILES string of the molecule is CCOCCNCc1cc2ccccc2nc1N1CCCCC1. The van der Waals surface area contributed by atoms with Crippen molar-refractivity contribution in [1.29, 1.82) is 0 Å². The van der Waals surface area contributed by atoms with Crippen molar-refractivity contribution in [2.45, 2.75) is 32.7 Å². The first-order chi connectivity index (χ1) is 11.4. The van der Waals surface area contributed by atoms with Crippen LogP contribution in [0, 0.1) is 0 Å². The van der Waals surface area contributed by atoms with Crippen molar-refractivity contribution >= 4 is 16.7 Å². The van der Waals surface area contributed by atoms with E-state index in [0.717, 1.165) is 50.7 Å². The van der Waals surface area contributed by atoms with Gasteiger partial charge in [-0.1, -0.05) is 18.2 Å². The summed E-state index contributed by atoms with van der Waals surface area (Å²) in [5.74, 6) is 1.16. The lowest BCUT2D eigenvalue weighted by atomic mass is 10.1. The molecule has 1 aliphatic heterocycles. The Morgan fingerprint density at radius 2 is 2.00 bits per heavy atom. The number of pyridine rings is 1. The van der Waals surface area contributed by atoms with Crippen LogP contribution in [0.2, 0.25) is 0 Å². The minimum Gasteiger partial charge on any atom is -0.380 e. The third kappa shape index (κ3) is 4.21. The smallest absolute Gasteiger partial charge is 0.133 e. The fraction of sp³-hybridized carbons (Fsp3) is 0.526. The summed E-state index contributed by atoms with van der Waals surface area (Å²) in [6.07, 6.45) is 3.88. The summed E-state index contributed by atoms with van der Waals surface area (Å²) >= 11 is 0. The first-order valence-electron chi connectivity index (χ1n) is 8.80. The second kappa shape index (κ2) is 8.27. The fourth-order valence-corrected chi connectivity index (χ4v) is 3.17. The van der Waals surface area contributed by atoms with E-state index in [1.165, 1.54) is 30.2 Å². The van der Waals surface area contributed by atoms with Crippen molar-refractivity contribution in [2.24, 2.45) is 0 Å². The van der Waals surface area contributed by atoms with Crippen LogP contribution in [0.3, 0.4) is 0 Å². The minimum atomic E-state index is 0.760. The third-order valence-corrected chi connectivity index (χ3v) is 4.38.